The van der Waals surface area contributed by atoms with Gasteiger partial charge in [0.15, 0.2) is 0 Å². The molecule has 4 heterocycles. The second kappa shape index (κ2) is 9.48. The van der Waals surface area contributed by atoms with Crippen LogP contribution in [-0.4, -0.2) is 58.1 Å². The quantitative estimate of drug-likeness (QED) is 0.701. The number of rotatable bonds is 5. The number of nitrogens with zero attached hydrogens (tertiary/aromatic N) is 3. The van der Waals surface area contributed by atoms with Crippen molar-refractivity contribution >= 4 is 17.3 Å². The fourth-order valence-electron chi connectivity index (χ4n) is 4.32. The highest BCUT2D eigenvalue weighted by molar-refractivity contribution is 7.11. The summed E-state index contributed by atoms with van der Waals surface area (Å²) < 4.78 is 43.7. The minimum absolute atomic E-state index is 0.253. The third kappa shape index (κ3) is 5.87. The highest BCUT2D eigenvalue weighted by atomic mass is 32.1. The monoisotopic (exact) mass is 473 g/mol. The van der Waals surface area contributed by atoms with Crippen molar-refractivity contribution in [3.63, 3.8) is 0 Å². The van der Waals surface area contributed by atoms with Crippen LogP contribution in [0.4, 0.5) is 13.2 Å². The Morgan fingerprint density at radius 1 is 1.28 bits per heavy atom. The van der Waals surface area contributed by atoms with Crippen molar-refractivity contribution in [2.24, 2.45) is 11.8 Å². The van der Waals surface area contributed by atoms with E-state index < -0.39 is 12.1 Å². The first kappa shape index (κ1) is 23.2. The van der Waals surface area contributed by atoms with Gasteiger partial charge in [-0.3, -0.25) is 4.90 Å². The zero-order chi connectivity index (χ0) is 22.9. The molecule has 32 heavy (non-hydrogen) atoms. The molecule has 3 atom stereocenters. The van der Waals surface area contributed by atoms with Crippen molar-refractivity contribution in [2.75, 3.05) is 19.7 Å². The third-order valence-electron chi connectivity index (χ3n) is 6.08. The van der Waals surface area contributed by atoms with Crippen molar-refractivity contribution in [1.29, 1.82) is 0 Å². The number of aromatic nitrogens is 2. The zero-order valence-electron chi connectivity index (χ0n) is 17.7. The molecule has 2 saturated heterocycles. The van der Waals surface area contributed by atoms with Gasteiger partial charge in [-0.1, -0.05) is 0 Å². The van der Waals surface area contributed by atoms with Crippen LogP contribution >= 0.6 is 11.3 Å². The summed E-state index contributed by atoms with van der Waals surface area (Å²) in [7, 11) is 0. The van der Waals surface area contributed by atoms with E-state index in [2.05, 4.69) is 34.2 Å². The molecule has 2 aromatic heterocycles. The number of piperidine rings is 1. The number of carboxylic acids is 1. The van der Waals surface area contributed by atoms with Crippen molar-refractivity contribution in [3.8, 4) is 0 Å². The van der Waals surface area contributed by atoms with Crippen LogP contribution in [0, 0.1) is 18.8 Å². The van der Waals surface area contributed by atoms with Gasteiger partial charge in [-0.15, -0.1) is 21.5 Å². The minimum Gasteiger partial charge on any atom is -0.475 e. The highest BCUT2D eigenvalue weighted by Crippen LogP contribution is 2.40. The summed E-state index contributed by atoms with van der Waals surface area (Å²) in [6, 6.07) is 4.49. The van der Waals surface area contributed by atoms with E-state index in [9.17, 15) is 13.2 Å². The fraction of sp³-hybridized carbons (Fsp3) is 0.667. The van der Waals surface area contributed by atoms with Crippen molar-refractivity contribution < 1.29 is 32.2 Å². The maximum atomic E-state index is 10.6. The summed E-state index contributed by atoms with van der Waals surface area (Å²) in [5, 5.41) is 15.6. The summed E-state index contributed by atoms with van der Waals surface area (Å²) in [6.07, 6.45) is -0.435. The highest BCUT2D eigenvalue weighted by Gasteiger charge is 2.42. The molecule has 1 aliphatic carbocycles. The first-order valence-electron chi connectivity index (χ1n) is 10.7. The van der Waals surface area contributed by atoms with Crippen LogP contribution in [0.2, 0.25) is 0 Å². The molecule has 7 nitrogen and oxygen atoms in total. The Morgan fingerprint density at radius 3 is 2.66 bits per heavy atom. The average Bonchev–Trinajstić information content (AvgIpc) is 3.13. The van der Waals surface area contributed by atoms with Crippen LogP contribution in [0.15, 0.2) is 16.5 Å². The number of hydrogen-bond donors (Lipinski definition) is 1. The molecule has 2 aliphatic heterocycles. The van der Waals surface area contributed by atoms with E-state index in [1.165, 1.54) is 29.0 Å². The number of aryl methyl sites for hydroxylation is 1. The standard InChI is InChI=1S/C19H25N3O2S.C2HF3O2/c1-12-2-5-15(25-12)10-22-7-6-16-14(9-22)11-23-17(16)8-18-20-21-19(24-18)13-3-4-13;3-2(4,5)1(6)7/h2,5,13-14,16-17H,3-4,6-11H2,1H3;(H,6,7)/t14-,16-,17+;/m1./s1. The van der Waals surface area contributed by atoms with E-state index in [1.807, 2.05) is 11.3 Å². The Bertz CT molecular complexity index is 928. The second-order valence-corrected chi connectivity index (χ2v) is 10.0. The first-order chi connectivity index (χ1) is 15.2. The number of alkyl halides is 3. The predicted octanol–water partition coefficient (Wildman–Crippen LogP) is 4.03. The molecule has 2 aromatic rings. The van der Waals surface area contributed by atoms with Gasteiger partial charge >= 0.3 is 12.1 Å². The number of likely N-dealkylation sites (tertiary alicyclic amines) is 1. The lowest BCUT2D eigenvalue weighted by Gasteiger charge is -2.35. The molecule has 0 radical (unpaired) electrons. The molecule has 0 spiro atoms. The van der Waals surface area contributed by atoms with Gasteiger partial charge < -0.3 is 14.3 Å². The fourth-order valence-corrected chi connectivity index (χ4v) is 5.26. The topological polar surface area (TPSA) is 88.7 Å². The van der Waals surface area contributed by atoms with Crippen LogP contribution in [0.25, 0.3) is 0 Å². The summed E-state index contributed by atoms with van der Waals surface area (Å²) in [5.74, 6) is 0.660. The number of carboxylic acid groups (broad SMARTS) is 1. The molecule has 0 amide bonds. The lowest BCUT2D eigenvalue weighted by atomic mass is 9.83. The molecule has 0 bridgehead atoms. The van der Waals surface area contributed by atoms with Crippen molar-refractivity contribution in [3.05, 3.63) is 33.7 Å². The van der Waals surface area contributed by atoms with E-state index in [-0.39, 0.29) is 6.10 Å². The van der Waals surface area contributed by atoms with E-state index >= 15 is 0 Å². The lowest BCUT2D eigenvalue weighted by molar-refractivity contribution is -0.192. The molecule has 0 aromatic carbocycles. The van der Waals surface area contributed by atoms with Gasteiger partial charge in [0.1, 0.15) is 0 Å². The Kier molecular flexibility index (Phi) is 6.87. The number of halogens is 3. The third-order valence-corrected chi connectivity index (χ3v) is 7.07. The van der Waals surface area contributed by atoms with Gasteiger partial charge in [0.05, 0.1) is 19.1 Å². The average molecular weight is 474 g/mol. The summed E-state index contributed by atoms with van der Waals surface area (Å²) in [4.78, 5) is 14.4. The number of ether oxygens (including phenoxy) is 1. The minimum atomic E-state index is -5.08. The summed E-state index contributed by atoms with van der Waals surface area (Å²) in [5.41, 5.74) is 0. The van der Waals surface area contributed by atoms with Gasteiger partial charge in [0, 0.05) is 34.7 Å². The van der Waals surface area contributed by atoms with E-state index in [0.29, 0.717) is 17.8 Å². The zero-order valence-corrected chi connectivity index (χ0v) is 18.5. The molecule has 3 aliphatic rings. The Morgan fingerprint density at radius 2 is 2.03 bits per heavy atom. The second-order valence-electron chi connectivity index (χ2n) is 8.65. The molecular weight excluding hydrogens is 447 g/mol. The molecule has 0 unspecified atom stereocenters. The van der Waals surface area contributed by atoms with Crippen LogP contribution < -0.4 is 0 Å². The molecular formula is C21H26F3N3O4S. The van der Waals surface area contributed by atoms with Gasteiger partial charge in [-0.05, 0) is 50.8 Å². The van der Waals surface area contributed by atoms with Gasteiger partial charge in [-0.25, -0.2) is 4.79 Å². The van der Waals surface area contributed by atoms with Crippen LogP contribution in [0.1, 0.15) is 46.7 Å². The SMILES string of the molecule is Cc1ccc(CN2CC[C@@H]3[C@@H](CO[C@H]3Cc3nnc(C4CC4)o3)C2)s1.O=C(O)C(F)(F)F. The van der Waals surface area contributed by atoms with E-state index in [1.54, 1.807) is 0 Å². The Hall–Kier alpha value is -1.98. The Balaban J connectivity index is 0.000000307. The molecule has 3 fully saturated rings. The number of carbonyl (C=O) groups is 1. The van der Waals surface area contributed by atoms with Gasteiger partial charge in [0.25, 0.3) is 0 Å². The normalized spacial score (nSPS) is 25.8. The van der Waals surface area contributed by atoms with Crippen LogP contribution in [0.3, 0.4) is 0 Å². The molecule has 11 heteroatoms. The van der Waals surface area contributed by atoms with E-state index in [4.69, 9.17) is 19.1 Å². The van der Waals surface area contributed by atoms with Crippen molar-refractivity contribution in [2.45, 2.75) is 57.3 Å². The molecule has 1 N–H and O–H groups in total. The first-order valence-corrected chi connectivity index (χ1v) is 11.5. The Labute approximate surface area is 187 Å². The molecule has 5 rings (SSSR count). The maximum absolute atomic E-state index is 10.6. The van der Waals surface area contributed by atoms with E-state index in [0.717, 1.165) is 44.4 Å². The summed E-state index contributed by atoms with van der Waals surface area (Å²) >= 11 is 1.92. The number of fused-ring (bicyclic) bond motifs is 1. The lowest BCUT2D eigenvalue weighted by Crippen LogP contribution is -2.41. The molecule has 176 valence electrons. The van der Waals surface area contributed by atoms with Gasteiger partial charge in [0.2, 0.25) is 11.8 Å². The summed E-state index contributed by atoms with van der Waals surface area (Å²) in [6.45, 7) is 6.45. The van der Waals surface area contributed by atoms with Gasteiger partial charge in [-0.2, -0.15) is 13.2 Å². The largest absolute Gasteiger partial charge is 0.490 e. The van der Waals surface area contributed by atoms with Crippen LogP contribution in [0.5, 0.6) is 0 Å². The maximum Gasteiger partial charge on any atom is 0.490 e. The number of aliphatic carboxylic acids is 1. The predicted molar refractivity (Wildman–Crippen MR) is 109 cm³/mol. The number of hydrogen-bond acceptors (Lipinski definition) is 7. The smallest absolute Gasteiger partial charge is 0.475 e. The number of thiophene rings is 1. The molecule has 1 saturated carbocycles. The van der Waals surface area contributed by atoms with Crippen molar-refractivity contribution in [1.82, 2.24) is 15.1 Å². The van der Waals surface area contributed by atoms with Crippen LogP contribution in [-0.2, 0) is 22.5 Å².